The number of hydrogen-bond donors (Lipinski definition) is 2. The fraction of sp³-hybridized carbons (Fsp3) is 1.00. The number of hydrogen-bond acceptors (Lipinski definition) is 2. The molecule has 0 radical (unpaired) electrons. The van der Waals surface area contributed by atoms with Gasteiger partial charge >= 0.3 is 0 Å². The van der Waals surface area contributed by atoms with E-state index in [4.69, 9.17) is 10.2 Å². The van der Waals surface area contributed by atoms with E-state index in [0.29, 0.717) is 12.8 Å². The minimum Gasteiger partial charge on any atom is -0.366 e. The largest absolute Gasteiger partial charge is 0.366 e. The molecule has 0 bridgehead atoms. The van der Waals surface area contributed by atoms with Crippen molar-refractivity contribution in [1.29, 1.82) is 0 Å². The summed E-state index contributed by atoms with van der Waals surface area (Å²) in [5.41, 5.74) is 0. The first-order chi connectivity index (χ1) is 4.12. The minimum atomic E-state index is -1.41. The second kappa shape index (κ2) is 3.85. The monoisotopic (exact) mass is 132 g/mol. The predicted octanol–water partition coefficient (Wildman–Crippen LogP) is 1.27. The molecule has 2 nitrogen and oxygen atoms in total. The van der Waals surface area contributed by atoms with Crippen LogP contribution in [0.2, 0.25) is 0 Å². The number of rotatable bonds is 4. The molecule has 0 unspecified atom stereocenters. The first kappa shape index (κ1) is 8.92. The van der Waals surface area contributed by atoms with Crippen LogP contribution in [0.3, 0.4) is 0 Å². The van der Waals surface area contributed by atoms with Crippen LogP contribution >= 0.6 is 0 Å². The van der Waals surface area contributed by atoms with Crippen molar-refractivity contribution >= 4 is 0 Å². The molecule has 0 aliphatic rings. The molecule has 2 N–H and O–H groups in total. The molecule has 9 heavy (non-hydrogen) atoms. The second-order valence-corrected chi connectivity index (χ2v) is 2.44. The summed E-state index contributed by atoms with van der Waals surface area (Å²) < 4.78 is 0. The molecule has 0 atom stereocenters. The molecule has 0 fully saturated rings. The van der Waals surface area contributed by atoms with Gasteiger partial charge in [-0.2, -0.15) is 0 Å². The summed E-state index contributed by atoms with van der Waals surface area (Å²) in [7, 11) is 0. The van der Waals surface area contributed by atoms with Gasteiger partial charge in [-0.3, -0.25) is 0 Å². The van der Waals surface area contributed by atoms with Crippen molar-refractivity contribution in [3.8, 4) is 0 Å². The van der Waals surface area contributed by atoms with Gasteiger partial charge in [-0.25, -0.2) is 0 Å². The lowest BCUT2D eigenvalue weighted by atomic mass is 10.1. The van der Waals surface area contributed by atoms with Gasteiger partial charge in [-0.1, -0.05) is 20.3 Å². The third-order valence-electron chi connectivity index (χ3n) is 1.50. The highest BCUT2D eigenvalue weighted by Crippen LogP contribution is 2.13. The first-order valence-electron chi connectivity index (χ1n) is 3.57. The van der Waals surface area contributed by atoms with Crippen molar-refractivity contribution in [2.45, 2.75) is 45.3 Å². The molecular weight excluding hydrogens is 116 g/mol. The van der Waals surface area contributed by atoms with Crippen LogP contribution in [0.15, 0.2) is 0 Å². The van der Waals surface area contributed by atoms with E-state index < -0.39 is 5.79 Å². The Morgan fingerprint density at radius 2 is 1.78 bits per heavy atom. The molecular formula is C7H16O2. The molecule has 0 spiro atoms. The van der Waals surface area contributed by atoms with E-state index >= 15 is 0 Å². The van der Waals surface area contributed by atoms with Gasteiger partial charge in [0.15, 0.2) is 5.79 Å². The lowest BCUT2D eigenvalue weighted by Gasteiger charge is -2.18. The standard InChI is InChI=1S/C7H16O2/c1-3-5-6-7(8,9)4-2/h8-9H,3-6H2,1-2H3. The molecule has 0 saturated carbocycles. The third-order valence-corrected chi connectivity index (χ3v) is 1.50. The van der Waals surface area contributed by atoms with Crippen molar-refractivity contribution in [1.82, 2.24) is 0 Å². The van der Waals surface area contributed by atoms with Crippen LogP contribution in [0.25, 0.3) is 0 Å². The SMILES string of the molecule is CCCCC(O)(O)CC. The summed E-state index contributed by atoms with van der Waals surface area (Å²) in [6.45, 7) is 3.81. The lowest BCUT2D eigenvalue weighted by Crippen LogP contribution is -2.26. The molecule has 0 aliphatic carbocycles. The summed E-state index contributed by atoms with van der Waals surface area (Å²) in [5.74, 6) is -1.41. The van der Waals surface area contributed by atoms with Crippen LogP contribution in [0, 0.1) is 0 Å². The molecule has 0 rings (SSSR count). The van der Waals surface area contributed by atoms with E-state index in [9.17, 15) is 0 Å². The summed E-state index contributed by atoms with van der Waals surface area (Å²) >= 11 is 0. The highest BCUT2D eigenvalue weighted by atomic mass is 16.5. The van der Waals surface area contributed by atoms with E-state index in [-0.39, 0.29) is 0 Å². The Balaban J connectivity index is 3.33. The third kappa shape index (κ3) is 4.43. The van der Waals surface area contributed by atoms with Gasteiger partial charge in [0.2, 0.25) is 0 Å². The Hall–Kier alpha value is -0.0800. The average Bonchev–Trinajstić information content (AvgIpc) is 1.84. The van der Waals surface area contributed by atoms with Crippen molar-refractivity contribution in [3.05, 3.63) is 0 Å². The number of unbranched alkanes of at least 4 members (excludes halogenated alkanes) is 1. The van der Waals surface area contributed by atoms with Crippen molar-refractivity contribution in [2.24, 2.45) is 0 Å². The van der Waals surface area contributed by atoms with Crippen LogP contribution in [0.1, 0.15) is 39.5 Å². The fourth-order valence-corrected chi connectivity index (χ4v) is 0.637. The zero-order valence-corrected chi connectivity index (χ0v) is 6.22. The van der Waals surface area contributed by atoms with E-state index in [1.54, 1.807) is 6.92 Å². The zero-order valence-electron chi connectivity index (χ0n) is 6.22. The van der Waals surface area contributed by atoms with Crippen molar-refractivity contribution < 1.29 is 10.2 Å². The summed E-state index contributed by atoms with van der Waals surface area (Å²) in [6.07, 6.45) is 2.83. The maximum atomic E-state index is 9.01. The van der Waals surface area contributed by atoms with Crippen LogP contribution < -0.4 is 0 Å². The van der Waals surface area contributed by atoms with Gasteiger partial charge in [0, 0.05) is 6.42 Å². The summed E-state index contributed by atoms with van der Waals surface area (Å²) in [5, 5.41) is 18.0. The lowest BCUT2D eigenvalue weighted by molar-refractivity contribution is -0.167. The zero-order chi connectivity index (χ0) is 7.33. The minimum absolute atomic E-state index is 0.424. The average molecular weight is 132 g/mol. The smallest absolute Gasteiger partial charge is 0.162 e. The summed E-state index contributed by atoms with van der Waals surface area (Å²) in [4.78, 5) is 0. The highest BCUT2D eigenvalue weighted by Gasteiger charge is 2.17. The molecule has 0 amide bonds. The van der Waals surface area contributed by atoms with Crippen LogP contribution in [-0.4, -0.2) is 16.0 Å². The molecule has 0 aliphatic heterocycles. The van der Waals surface area contributed by atoms with Gasteiger partial charge in [-0.05, 0) is 12.8 Å². The molecule has 0 heterocycles. The van der Waals surface area contributed by atoms with Crippen LogP contribution in [0.5, 0.6) is 0 Å². The maximum absolute atomic E-state index is 9.01. The first-order valence-corrected chi connectivity index (χ1v) is 3.57. The fourth-order valence-electron chi connectivity index (χ4n) is 0.637. The van der Waals surface area contributed by atoms with Gasteiger partial charge in [0.05, 0.1) is 0 Å². The highest BCUT2D eigenvalue weighted by molar-refractivity contribution is 4.60. The van der Waals surface area contributed by atoms with E-state index in [1.807, 2.05) is 6.92 Å². The van der Waals surface area contributed by atoms with Crippen LogP contribution in [0.4, 0.5) is 0 Å². The van der Waals surface area contributed by atoms with E-state index in [2.05, 4.69) is 0 Å². The molecule has 0 aromatic carbocycles. The predicted molar refractivity (Wildman–Crippen MR) is 37.0 cm³/mol. The Bertz CT molecular complexity index is 69.3. The Labute approximate surface area is 56.5 Å². The molecule has 0 saturated heterocycles. The maximum Gasteiger partial charge on any atom is 0.162 e. The van der Waals surface area contributed by atoms with Crippen molar-refractivity contribution in [3.63, 3.8) is 0 Å². The molecule has 0 aromatic heterocycles. The summed E-state index contributed by atoms with van der Waals surface area (Å²) in [6, 6.07) is 0. The number of aliphatic hydroxyl groups is 2. The topological polar surface area (TPSA) is 40.5 Å². The van der Waals surface area contributed by atoms with E-state index in [1.165, 1.54) is 0 Å². The molecule has 2 heteroatoms. The Morgan fingerprint density at radius 3 is 2.11 bits per heavy atom. The van der Waals surface area contributed by atoms with Gasteiger partial charge < -0.3 is 10.2 Å². The van der Waals surface area contributed by atoms with Gasteiger partial charge in [-0.15, -0.1) is 0 Å². The normalized spacial score (nSPS) is 12.0. The quantitative estimate of drug-likeness (QED) is 0.565. The Kier molecular flexibility index (Phi) is 3.82. The second-order valence-electron chi connectivity index (χ2n) is 2.44. The molecule has 56 valence electrons. The van der Waals surface area contributed by atoms with E-state index in [0.717, 1.165) is 12.8 Å². The van der Waals surface area contributed by atoms with Crippen molar-refractivity contribution in [2.75, 3.05) is 0 Å². The van der Waals surface area contributed by atoms with Crippen LogP contribution in [-0.2, 0) is 0 Å². The van der Waals surface area contributed by atoms with Gasteiger partial charge in [0.25, 0.3) is 0 Å². The molecule has 0 aromatic rings. The Morgan fingerprint density at radius 1 is 1.22 bits per heavy atom. The van der Waals surface area contributed by atoms with Gasteiger partial charge in [0.1, 0.15) is 0 Å².